The summed E-state index contributed by atoms with van der Waals surface area (Å²) in [5, 5.41) is 6.35. The van der Waals surface area contributed by atoms with Crippen LogP contribution in [0.5, 0.6) is 17.2 Å². The highest BCUT2D eigenvalue weighted by molar-refractivity contribution is 7.11. The van der Waals surface area contributed by atoms with Crippen molar-refractivity contribution in [2.24, 2.45) is 0 Å². The smallest absolute Gasteiger partial charge is 0.252 e. The molecule has 2 unspecified atom stereocenters. The van der Waals surface area contributed by atoms with Gasteiger partial charge in [-0.2, -0.15) is 0 Å². The summed E-state index contributed by atoms with van der Waals surface area (Å²) in [5.41, 5.74) is 0.290. The van der Waals surface area contributed by atoms with Crippen molar-refractivity contribution in [3.8, 4) is 17.2 Å². The van der Waals surface area contributed by atoms with Gasteiger partial charge in [0.25, 0.3) is 5.91 Å². The van der Waals surface area contributed by atoms with Crippen LogP contribution >= 0.6 is 11.3 Å². The summed E-state index contributed by atoms with van der Waals surface area (Å²) in [5.74, 6) is 0.370. The fourth-order valence-electron chi connectivity index (χ4n) is 2.53. The Hall–Kier alpha value is -2.81. The van der Waals surface area contributed by atoms with Crippen molar-refractivity contribution in [3.05, 3.63) is 33.8 Å². The molecule has 8 nitrogen and oxygen atoms in total. The van der Waals surface area contributed by atoms with Crippen LogP contribution < -0.4 is 24.8 Å². The average Bonchev–Trinajstić information content (AvgIpc) is 3.12. The van der Waals surface area contributed by atoms with E-state index in [-0.39, 0.29) is 17.5 Å². The second-order valence-electron chi connectivity index (χ2n) is 6.15. The van der Waals surface area contributed by atoms with Crippen LogP contribution in [-0.4, -0.2) is 44.2 Å². The summed E-state index contributed by atoms with van der Waals surface area (Å²) in [6.45, 7) is 5.42. The molecular formula is C19H25N3O5S. The third kappa shape index (κ3) is 4.92. The molecule has 1 aromatic heterocycles. The number of carbonyl (C=O) groups is 2. The Balaban J connectivity index is 2.08. The van der Waals surface area contributed by atoms with E-state index in [0.29, 0.717) is 17.2 Å². The van der Waals surface area contributed by atoms with Crippen molar-refractivity contribution < 1.29 is 23.8 Å². The lowest BCUT2D eigenvalue weighted by Gasteiger charge is -2.18. The molecule has 0 saturated carbocycles. The molecule has 0 saturated heterocycles. The number of rotatable bonds is 8. The molecule has 0 bridgehead atoms. The SMILES string of the molecule is COc1cc(C(=O)NC(C)C(=O)NC(C)c2ncc(C)s2)cc(OC)c1OC. The van der Waals surface area contributed by atoms with E-state index in [1.807, 2.05) is 13.8 Å². The van der Waals surface area contributed by atoms with Crippen LogP contribution in [0.15, 0.2) is 18.3 Å². The molecule has 1 aromatic carbocycles. The maximum absolute atomic E-state index is 12.6. The van der Waals surface area contributed by atoms with Gasteiger partial charge in [-0.3, -0.25) is 9.59 Å². The highest BCUT2D eigenvalue weighted by atomic mass is 32.1. The van der Waals surface area contributed by atoms with Crippen LogP contribution in [-0.2, 0) is 4.79 Å². The molecule has 2 aromatic rings. The van der Waals surface area contributed by atoms with Gasteiger partial charge in [-0.25, -0.2) is 4.98 Å². The quantitative estimate of drug-likeness (QED) is 0.698. The lowest BCUT2D eigenvalue weighted by atomic mass is 10.1. The van der Waals surface area contributed by atoms with Crippen LogP contribution in [0.25, 0.3) is 0 Å². The van der Waals surface area contributed by atoms with Crippen molar-refractivity contribution in [3.63, 3.8) is 0 Å². The Morgan fingerprint density at radius 1 is 1.04 bits per heavy atom. The Labute approximate surface area is 168 Å². The van der Waals surface area contributed by atoms with Crippen molar-refractivity contribution in [2.75, 3.05) is 21.3 Å². The molecule has 0 aliphatic heterocycles. The van der Waals surface area contributed by atoms with Crippen LogP contribution in [0.2, 0.25) is 0 Å². The van der Waals surface area contributed by atoms with E-state index in [4.69, 9.17) is 14.2 Å². The second-order valence-corrected chi connectivity index (χ2v) is 7.41. The minimum absolute atomic E-state index is 0.244. The largest absolute Gasteiger partial charge is 0.493 e. The van der Waals surface area contributed by atoms with E-state index in [9.17, 15) is 9.59 Å². The molecule has 28 heavy (non-hydrogen) atoms. The van der Waals surface area contributed by atoms with E-state index in [2.05, 4.69) is 15.6 Å². The van der Waals surface area contributed by atoms with E-state index >= 15 is 0 Å². The van der Waals surface area contributed by atoms with Crippen LogP contribution in [0.3, 0.4) is 0 Å². The molecule has 0 radical (unpaired) electrons. The van der Waals surface area contributed by atoms with Crippen LogP contribution in [0, 0.1) is 6.92 Å². The molecular weight excluding hydrogens is 382 g/mol. The first kappa shape index (κ1) is 21.5. The Morgan fingerprint density at radius 2 is 1.64 bits per heavy atom. The maximum Gasteiger partial charge on any atom is 0.252 e. The number of ether oxygens (including phenoxy) is 3. The van der Waals surface area contributed by atoms with Gasteiger partial charge in [0.2, 0.25) is 11.7 Å². The standard InChI is InChI=1S/C19H25N3O5S/c1-10-9-20-19(28-10)12(3)22-17(23)11(2)21-18(24)13-7-14(25-4)16(27-6)15(8-13)26-5/h7-9,11-12H,1-6H3,(H,21,24)(H,22,23). The number of carbonyl (C=O) groups excluding carboxylic acids is 2. The average molecular weight is 407 g/mol. The van der Waals surface area contributed by atoms with E-state index in [1.54, 1.807) is 13.1 Å². The molecule has 0 spiro atoms. The van der Waals surface area contributed by atoms with Crippen molar-refractivity contribution >= 4 is 23.2 Å². The van der Waals surface area contributed by atoms with E-state index in [1.165, 1.54) is 44.8 Å². The van der Waals surface area contributed by atoms with Gasteiger partial charge in [0, 0.05) is 16.6 Å². The van der Waals surface area contributed by atoms with Crippen molar-refractivity contribution in [2.45, 2.75) is 32.9 Å². The summed E-state index contributed by atoms with van der Waals surface area (Å²) < 4.78 is 15.8. The number of aryl methyl sites for hydroxylation is 1. The number of nitrogens with one attached hydrogen (secondary N) is 2. The van der Waals surface area contributed by atoms with Crippen LogP contribution in [0.1, 0.15) is 40.1 Å². The first-order chi connectivity index (χ1) is 13.3. The number of amides is 2. The lowest BCUT2D eigenvalue weighted by molar-refractivity contribution is -0.123. The molecule has 2 amide bonds. The van der Waals surface area contributed by atoms with Gasteiger partial charge in [0.1, 0.15) is 11.0 Å². The summed E-state index contributed by atoms with van der Waals surface area (Å²) in [6, 6.07) is 2.08. The summed E-state index contributed by atoms with van der Waals surface area (Å²) in [7, 11) is 4.42. The van der Waals surface area contributed by atoms with Crippen molar-refractivity contribution in [1.82, 2.24) is 15.6 Å². The number of hydrogen-bond donors (Lipinski definition) is 2. The summed E-state index contributed by atoms with van der Waals surface area (Å²) >= 11 is 1.52. The predicted molar refractivity (Wildman–Crippen MR) is 106 cm³/mol. The zero-order valence-electron chi connectivity index (χ0n) is 16.8. The number of hydrogen-bond acceptors (Lipinski definition) is 7. The molecule has 152 valence electrons. The minimum Gasteiger partial charge on any atom is -0.493 e. The van der Waals surface area contributed by atoms with Gasteiger partial charge in [0.05, 0.1) is 27.4 Å². The second kappa shape index (κ2) is 9.41. The molecule has 0 fully saturated rings. The Kier molecular flexibility index (Phi) is 7.22. The predicted octanol–water partition coefficient (Wildman–Crippen LogP) is 2.47. The van der Waals surface area contributed by atoms with Gasteiger partial charge in [-0.05, 0) is 32.9 Å². The summed E-state index contributed by atoms with van der Waals surface area (Å²) in [4.78, 5) is 30.4. The summed E-state index contributed by atoms with van der Waals surface area (Å²) in [6.07, 6.45) is 1.76. The molecule has 9 heteroatoms. The maximum atomic E-state index is 12.6. The van der Waals surface area contributed by atoms with Gasteiger partial charge >= 0.3 is 0 Å². The van der Waals surface area contributed by atoms with Crippen molar-refractivity contribution in [1.29, 1.82) is 0 Å². The highest BCUT2D eigenvalue weighted by Crippen LogP contribution is 2.38. The zero-order valence-corrected chi connectivity index (χ0v) is 17.6. The molecule has 2 N–H and O–H groups in total. The van der Waals surface area contributed by atoms with Gasteiger partial charge < -0.3 is 24.8 Å². The van der Waals surface area contributed by atoms with E-state index in [0.717, 1.165) is 9.88 Å². The Bertz CT molecular complexity index is 827. The first-order valence-corrected chi connectivity index (χ1v) is 9.45. The van der Waals surface area contributed by atoms with Gasteiger partial charge in [-0.15, -0.1) is 11.3 Å². The zero-order chi connectivity index (χ0) is 20.8. The molecule has 0 aliphatic carbocycles. The fraction of sp³-hybridized carbons (Fsp3) is 0.421. The number of aromatic nitrogens is 1. The third-order valence-electron chi connectivity index (χ3n) is 4.04. The first-order valence-electron chi connectivity index (χ1n) is 8.64. The van der Waals surface area contributed by atoms with E-state index < -0.39 is 11.9 Å². The molecule has 1 heterocycles. The Morgan fingerprint density at radius 3 is 2.11 bits per heavy atom. The topological polar surface area (TPSA) is 98.8 Å². The van der Waals surface area contributed by atoms with Gasteiger partial charge in [-0.1, -0.05) is 0 Å². The minimum atomic E-state index is -0.741. The van der Waals surface area contributed by atoms with Crippen LogP contribution in [0.4, 0.5) is 0 Å². The molecule has 2 rings (SSSR count). The molecule has 0 aliphatic rings. The normalized spacial score (nSPS) is 12.6. The lowest BCUT2D eigenvalue weighted by Crippen LogP contribution is -2.45. The number of thiazole rings is 1. The number of benzene rings is 1. The fourth-order valence-corrected chi connectivity index (χ4v) is 3.31. The monoisotopic (exact) mass is 407 g/mol. The molecule has 2 atom stereocenters. The van der Waals surface area contributed by atoms with Gasteiger partial charge in [0.15, 0.2) is 11.5 Å². The number of nitrogens with zero attached hydrogens (tertiary/aromatic N) is 1. The third-order valence-corrected chi connectivity index (χ3v) is 5.13. The number of methoxy groups -OCH3 is 3. The highest BCUT2D eigenvalue weighted by Gasteiger charge is 2.22.